The molecule has 3 rings (SSSR count). The molecule has 0 radical (unpaired) electrons. The number of carbonyl (C=O) groups excluding carboxylic acids is 1. The molecule has 0 aliphatic rings. The number of amides is 1. The fourth-order valence-electron chi connectivity index (χ4n) is 2.28. The van der Waals surface area contributed by atoms with Gasteiger partial charge in [0.15, 0.2) is 0 Å². The Morgan fingerprint density at radius 1 is 1.19 bits per heavy atom. The van der Waals surface area contributed by atoms with E-state index in [1.165, 1.54) is 0 Å². The molecule has 3 aromatic rings. The number of hydroxylamine groups is 1. The Balaban J connectivity index is 2.31. The van der Waals surface area contributed by atoms with E-state index < -0.39 is 5.91 Å². The van der Waals surface area contributed by atoms with Gasteiger partial charge in [0.1, 0.15) is 17.1 Å². The molecule has 0 spiro atoms. The molecule has 2 aromatic carbocycles. The van der Waals surface area contributed by atoms with Crippen LogP contribution in [0.2, 0.25) is 0 Å². The highest BCUT2D eigenvalue weighted by Gasteiger charge is 2.22. The van der Waals surface area contributed by atoms with E-state index in [9.17, 15) is 4.79 Å². The van der Waals surface area contributed by atoms with Gasteiger partial charge in [0.25, 0.3) is 5.91 Å². The third-order valence-corrected chi connectivity index (χ3v) is 3.26. The summed E-state index contributed by atoms with van der Waals surface area (Å²) in [7, 11) is 1.55. The molecular formula is C16H13NO4. The topological polar surface area (TPSA) is 71.7 Å². The number of carbonyl (C=O) groups is 1. The molecule has 1 heterocycles. The SMILES string of the molecule is COc1ccc2oc(-c3ccccc3)c(C(=O)NO)c2c1. The molecule has 2 N–H and O–H groups in total. The third-order valence-electron chi connectivity index (χ3n) is 3.26. The Kier molecular flexibility index (Phi) is 3.33. The Bertz CT molecular complexity index is 793. The first-order chi connectivity index (χ1) is 10.2. The largest absolute Gasteiger partial charge is 0.497 e. The number of rotatable bonds is 3. The first-order valence-corrected chi connectivity index (χ1v) is 6.35. The summed E-state index contributed by atoms with van der Waals surface area (Å²) in [6.45, 7) is 0. The highest BCUT2D eigenvalue weighted by molar-refractivity contribution is 6.11. The van der Waals surface area contributed by atoms with Crippen LogP contribution in [0, 0.1) is 0 Å². The van der Waals surface area contributed by atoms with Gasteiger partial charge in [0, 0.05) is 10.9 Å². The predicted molar refractivity (Wildman–Crippen MR) is 77.5 cm³/mol. The van der Waals surface area contributed by atoms with Crippen LogP contribution in [-0.4, -0.2) is 18.2 Å². The summed E-state index contributed by atoms with van der Waals surface area (Å²) in [6, 6.07) is 14.4. The summed E-state index contributed by atoms with van der Waals surface area (Å²) in [5.74, 6) is 0.390. The van der Waals surface area contributed by atoms with Gasteiger partial charge in [-0.1, -0.05) is 30.3 Å². The predicted octanol–water partition coefficient (Wildman–Crippen LogP) is 3.23. The molecule has 1 amide bonds. The maximum absolute atomic E-state index is 12.0. The van der Waals surface area contributed by atoms with Crippen LogP contribution in [0.25, 0.3) is 22.3 Å². The van der Waals surface area contributed by atoms with E-state index in [2.05, 4.69) is 0 Å². The summed E-state index contributed by atoms with van der Waals surface area (Å²) < 4.78 is 10.9. The van der Waals surface area contributed by atoms with E-state index in [0.717, 1.165) is 5.56 Å². The number of ether oxygens (including phenoxy) is 1. The number of benzene rings is 2. The van der Waals surface area contributed by atoms with Gasteiger partial charge in [0.05, 0.1) is 12.7 Å². The van der Waals surface area contributed by atoms with Crippen molar-refractivity contribution in [2.45, 2.75) is 0 Å². The van der Waals surface area contributed by atoms with Gasteiger partial charge < -0.3 is 9.15 Å². The fourth-order valence-corrected chi connectivity index (χ4v) is 2.28. The summed E-state index contributed by atoms with van der Waals surface area (Å²) in [5, 5.41) is 9.57. The quantitative estimate of drug-likeness (QED) is 0.572. The molecule has 5 heteroatoms. The third kappa shape index (κ3) is 2.23. The number of fused-ring (bicyclic) bond motifs is 1. The molecule has 0 saturated heterocycles. The Morgan fingerprint density at radius 3 is 2.62 bits per heavy atom. The maximum Gasteiger partial charge on any atom is 0.279 e. The molecular weight excluding hydrogens is 270 g/mol. The first kappa shape index (κ1) is 13.2. The molecule has 0 atom stereocenters. The van der Waals surface area contributed by atoms with Crippen molar-refractivity contribution in [1.82, 2.24) is 5.48 Å². The lowest BCUT2D eigenvalue weighted by atomic mass is 10.0. The summed E-state index contributed by atoms with van der Waals surface area (Å²) in [6.07, 6.45) is 0. The van der Waals surface area contributed by atoms with E-state index in [0.29, 0.717) is 22.5 Å². The van der Waals surface area contributed by atoms with E-state index in [1.807, 2.05) is 30.3 Å². The second kappa shape index (κ2) is 5.30. The van der Waals surface area contributed by atoms with Gasteiger partial charge in [-0.2, -0.15) is 0 Å². The minimum Gasteiger partial charge on any atom is -0.497 e. The van der Waals surface area contributed by atoms with Crippen LogP contribution >= 0.6 is 0 Å². The molecule has 0 aliphatic heterocycles. The van der Waals surface area contributed by atoms with E-state index in [1.54, 1.807) is 30.8 Å². The summed E-state index contributed by atoms with van der Waals surface area (Å²) >= 11 is 0. The second-order valence-corrected chi connectivity index (χ2v) is 4.48. The average Bonchev–Trinajstić information content (AvgIpc) is 2.93. The smallest absolute Gasteiger partial charge is 0.279 e. The molecule has 0 fully saturated rings. The molecule has 0 saturated carbocycles. The zero-order chi connectivity index (χ0) is 14.8. The van der Waals surface area contributed by atoms with Crippen molar-refractivity contribution in [2.75, 3.05) is 7.11 Å². The maximum atomic E-state index is 12.0. The first-order valence-electron chi connectivity index (χ1n) is 6.35. The summed E-state index contributed by atoms with van der Waals surface area (Å²) in [5.41, 5.74) is 3.25. The highest BCUT2D eigenvalue weighted by atomic mass is 16.5. The van der Waals surface area contributed by atoms with Crippen molar-refractivity contribution in [2.24, 2.45) is 0 Å². The zero-order valence-corrected chi connectivity index (χ0v) is 11.3. The minimum absolute atomic E-state index is 0.276. The van der Waals surface area contributed by atoms with Gasteiger partial charge in [-0.05, 0) is 18.2 Å². The van der Waals surface area contributed by atoms with Crippen molar-refractivity contribution in [3.05, 3.63) is 54.1 Å². The van der Waals surface area contributed by atoms with Gasteiger partial charge in [-0.25, -0.2) is 5.48 Å². The van der Waals surface area contributed by atoms with Crippen LogP contribution in [0.5, 0.6) is 5.75 Å². The van der Waals surface area contributed by atoms with Crippen molar-refractivity contribution < 1.29 is 19.2 Å². The van der Waals surface area contributed by atoms with Crippen LogP contribution < -0.4 is 10.2 Å². The Morgan fingerprint density at radius 2 is 1.95 bits per heavy atom. The van der Waals surface area contributed by atoms with Crippen molar-refractivity contribution in [3.8, 4) is 17.1 Å². The lowest BCUT2D eigenvalue weighted by Crippen LogP contribution is -2.18. The molecule has 1 aromatic heterocycles. The van der Waals surface area contributed by atoms with Crippen LogP contribution in [0.15, 0.2) is 52.9 Å². The molecule has 21 heavy (non-hydrogen) atoms. The molecule has 0 bridgehead atoms. The van der Waals surface area contributed by atoms with E-state index >= 15 is 0 Å². The zero-order valence-electron chi connectivity index (χ0n) is 11.3. The van der Waals surface area contributed by atoms with Crippen molar-refractivity contribution >= 4 is 16.9 Å². The number of methoxy groups -OCH3 is 1. The summed E-state index contributed by atoms with van der Waals surface area (Å²) in [4.78, 5) is 12.0. The molecule has 0 unspecified atom stereocenters. The lowest BCUT2D eigenvalue weighted by Gasteiger charge is -2.02. The normalized spacial score (nSPS) is 10.6. The van der Waals surface area contributed by atoms with Gasteiger partial charge >= 0.3 is 0 Å². The fraction of sp³-hybridized carbons (Fsp3) is 0.0625. The number of hydrogen-bond acceptors (Lipinski definition) is 4. The molecule has 0 aliphatic carbocycles. The van der Waals surface area contributed by atoms with Crippen molar-refractivity contribution in [1.29, 1.82) is 0 Å². The van der Waals surface area contributed by atoms with Crippen molar-refractivity contribution in [3.63, 3.8) is 0 Å². The Hall–Kier alpha value is -2.79. The molecule has 5 nitrogen and oxygen atoms in total. The lowest BCUT2D eigenvalue weighted by molar-refractivity contribution is 0.0708. The van der Waals surface area contributed by atoms with E-state index in [4.69, 9.17) is 14.4 Å². The number of furan rings is 1. The monoisotopic (exact) mass is 283 g/mol. The molecule has 106 valence electrons. The second-order valence-electron chi connectivity index (χ2n) is 4.48. The standard InChI is InChI=1S/C16H13NO4/c1-20-11-7-8-13-12(9-11)14(16(18)17-19)15(21-13)10-5-3-2-4-6-10/h2-9,19H,1H3,(H,17,18). The van der Waals surface area contributed by atoms with Gasteiger partial charge in [-0.3, -0.25) is 10.0 Å². The Labute approximate surface area is 120 Å². The number of nitrogens with one attached hydrogen (secondary N) is 1. The number of hydrogen-bond donors (Lipinski definition) is 2. The van der Waals surface area contributed by atoms with Crippen LogP contribution in [-0.2, 0) is 0 Å². The van der Waals surface area contributed by atoms with Crippen LogP contribution in [0.3, 0.4) is 0 Å². The minimum atomic E-state index is -0.624. The van der Waals surface area contributed by atoms with Gasteiger partial charge in [0.2, 0.25) is 0 Å². The van der Waals surface area contributed by atoms with Crippen LogP contribution in [0.1, 0.15) is 10.4 Å². The van der Waals surface area contributed by atoms with Gasteiger partial charge in [-0.15, -0.1) is 0 Å². The van der Waals surface area contributed by atoms with E-state index in [-0.39, 0.29) is 5.56 Å². The average molecular weight is 283 g/mol. The highest BCUT2D eigenvalue weighted by Crippen LogP contribution is 2.35. The van der Waals surface area contributed by atoms with Crippen LogP contribution in [0.4, 0.5) is 0 Å².